The minimum absolute atomic E-state index is 0.0362. The van der Waals surface area contributed by atoms with Crippen molar-refractivity contribution < 1.29 is 12.9 Å². The summed E-state index contributed by atoms with van der Waals surface area (Å²) in [6.07, 6.45) is 2.18. The first kappa shape index (κ1) is 12.4. The van der Waals surface area contributed by atoms with E-state index in [-0.39, 0.29) is 5.75 Å². The highest BCUT2D eigenvalue weighted by molar-refractivity contribution is 7.88. The number of hydrogen-bond donors (Lipinski definition) is 0. The van der Waals surface area contributed by atoms with Gasteiger partial charge in [0.15, 0.2) is 0 Å². The van der Waals surface area contributed by atoms with Crippen LogP contribution in [0.25, 0.3) is 0 Å². The SMILES string of the molecule is O=S(=O)(Cc1ccccc1)N1CCc2oncc2C1. The van der Waals surface area contributed by atoms with E-state index in [2.05, 4.69) is 5.16 Å². The molecule has 0 saturated heterocycles. The molecule has 0 unspecified atom stereocenters. The third kappa shape index (κ3) is 2.54. The van der Waals surface area contributed by atoms with Crippen LogP contribution in [0.15, 0.2) is 41.1 Å². The van der Waals surface area contributed by atoms with E-state index in [9.17, 15) is 8.42 Å². The molecular formula is C13H14N2O3S. The molecule has 1 aliphatic heterocycles. The van der Waals surface area contributed by atoms with E-state index in [1.54, 1.807) is 6.20 Å². The Hall–Kier alpha value is -1.66. The smallest absolute Gasteiger partial charge is 0.218 e. The molecule has 0 radical (unpaired) electrons. The van der Waals surface area contributed by atoms with Gasteiger partial charge in [-0.3, -0.25) is 0 Å². The Labute approximate surface area is 111 Å². The first-order valence-electron chi connectivity index (χ1n) is 6.09. The molecule has 0 bridgehead atoms. The van der Waals surface area contributed by atoms with Crippen molar-refractivity contribution in [1.82, 2.24) is 9.46 Å². The van der Waals surface area contributed by atoms with Crippen molar-refractivity contribution in [1.29, 1.82) is 0 Å². The molecule has 1 aromatic carbocycles. The van der Waals surface area contributed by atoms with E-state index in [1.807, 2.05) is 30.3 Å². The van der Waals surface area contributed by atoms with Crippen LogP contribution in [0.1, 0.15) is 16.9 Å². The first-order valence-corrected chi connectivity index (χ1v) is 7.70. The van der Waals surface area contributed by atoms with Crippen LogP contribution in [0.4, 0.5) is 0 Å². The van der Waals surface area contributed by atoms with E-state index in [4.69, 9.17) is 4.52 Å². The minimum atomic E-state index is -3.29. The number of aromatic nitrogens is 1. The van der Waals surface area contributed by atoms with Crippen molar-refractivity contribution in [2.45, 2.75) is 18.7 Å². The van der Waals surface area contributed by atoms with E-state index < -0.39 is 10.0 Å². The molecule has 6 heteroatoms. The Bertz CT molecular complexity index is 664. The van der Waals surface area contributed by atoms with Gasteiger partial charge in [-0.1, -0.05) is 35.5 Å². The maximum absolute atomic E-state index is 12.4. The monoisotopic (exact) mass is 278 g/mol. The maximum atomic E-state index is 12.4. The van der Waals surface area contributed by atoms with Gasteiger partial charge in [0.2, 0.25) is 10.0 Å². The molecular weight excluding hydrogens is 264 g/mol. The number of benzene rings is 1. The zero-order valence-corrected chi connectivity index (χ0v) is 11.1. The Balaban J connectivity index is 1.79. The zero-order valence-electron chi connectivity index (χ0n) is 10.3. The Morgan fingerprint density at radius 1 is 1.26 bits per heavy atom. The van der Waals surface area contributed by atoms with Gasteiger partial charge in [0.05, 0.1) is 11.9 Å². The minimum Gasteiger partial charge on any atom is -0.361 e. The average Bonchev–Trinajstić information content (AvgIpc) is 2.86. The zero-order chi connectivity index (χ0) is 13.3. The summed E-state index contributed by atoms with van der Waals surface area (Å²) in [5.41, 5.74) is 1.67. The Morgan fingerprint density at radius 3 is 2.84 bits per heavy atom. The fourth-order valence-corrected chi connectivity index (χ4v) is 3.73. The van der Waals surface area contributed by atoms with Crippen LogP contribution in [-0.4, -0.2) is 24.4 Å². The molecule has 2 heterocycles. The standard InChI is InChI=1S/C13H14N2O3S/c16-19(17,10-11-4-2-1-3-5-11)15-7-6-13-12(9-15)8-14-18-13/h1-5,8H,6-7,9-10H2. The van der Waals surface area contributed by atoms with E-state index >= 15 is 0 Å². The molecule has 0 aliphatic carbocycles. The predicted molar refractivity (Wildman–Crippen MR) is 69.7 cm³/mol. The topological polar surface area (TPSA) is 63.4 Å². The highest BCUT2D eigenvalue weighted by atomic mass is 32.2. The number of hydrogen-bond acceptors (Lipinski definition) is 4. The third-order valence-corrected chi connectivity index (χ3v) is 5.05. The summed E-state index contributed by atoms with van der Waals surface area (Å²) < 4.78 is 31.3. The van der Waals surface area contributed by atoms with Gasteiger partial charge < -0.3 is 4.52 Å². The van der Waals surface area contributed by atoms with Gasteiger partial charge in [0, 0.05) is 25.1 Å². The summed E-state index contributed by atoms with van der Waals surface area (Å²) in [7, 11) is -3.29. The third-order valence-electron chi connectivity index (χ3n) is 3.25. The lowest BCUT2D eigenvalue weighted by molar-refractivity contribution is 0.331. The molecule has 3 rings (SSSR count). The van der Waals surface area contributed by atoms with Gasteiger partial charge in [0.25, 0.3) is 0 Å². The molecule has 1 aromatic heterocycles. The van der Waals surface area contributed by atoms with Gasteiger partial charge >= 0.3 is 0 Å². The van der Waals surface area contributed by atoms with Gasteiger partial charge in [-0.15, -0.1) is 0 Å². The van der Waals surface area contributed by atoms with Crippen molar-refractivity contribution in [2.75, 3.05) is 6.54 Å². The Morgan fingerprint density at radius 2 is 2.05 bits per heavy atom. The molecule has 19 heavy (non-hydrogen) atoms. The van der Waals surface area contributed by atoms with Crippen molar-refractivity contribution >= 4 is 10.0 Å². The molecule has 0 fully saturated rings. The molecule has 0 atom stereocenters. The first-order chi connectivity index (χ1) is 9.15. The second-order valence-corrected chi connectivity index (χ2v) is 6.57. The second kappa shape index (κ2) is 4.79. The number of nitrogens with zero attached hydrogens (tertiary/aromatic N) is 2. The second-order valence-electron chi connectivity index (χ2n) is 4.60. The molecule has 5 nitrogen and oxygen atoms in total. The van der Waals surface area contributed by atoms with Crippen molar-refractivity contribution in [3.63, 3.8) is 0 Å². The van der Waals surface area contributed by atoms with Crippen LogP contribution in [0, 0.1) is 0 Å². The lowest BCUT2D eigenvalue weighted by Crippen LogP contribution is -2.36. The Kier molecular flexibility index (Phi) is 3.12. The molecule has 2 aromatic rings. The molecule has 0 saturated carbocycles. The van der Waals surface area contributed by atoms with E-state index in [0.29, 0.717) is 19.5 Å². The predicted octanol–water partition coefficient (Wildman–Crippen LogP) is 1.56. The summed E-state index contributed by atoms with van der Waals surface area (Å²) >= 11 is 0. The highest BCUT2D eigenvalue weighted by Crippen LogP contribution is 2.22. The number of fused-ring (bicyclic) bond motifs is 1. The molecule has 0 amide bonds. The normalized spacial score (nSPS) is 16.2. The molecule has 0 N–H and O–H groups in total. The van der Waals surface area contributed by atoms with Gasteiger partial charge in [-0.25, -0.2) is 8.42 Å². The fourth-order valence-electron chi connectivity index (χ4n) is 2.23. The van der Waals surface area contributed by atoms with Crippen molar-refractivity contribution in [3.8, 4) is 0 Å². The van der Waals surface area contributed by atoms with Crippen LogP contribution < -0.4 is 0 Å². The van der Waals surface area contributed by atoms with Crippen LogP contribution >= 0.6 is 0 Å². The van der Waals surface area contributed by atoms with Crippen LogP contribution in [0.2, 0.25) is 0 Å². The van der Waals surface area contributed by atoms with Crippen LogP contribution in [0.3, 0.4) is 0 Å². The molecule has 0 spiro atoms. The van der Waals surface area contributed by atoms with Crippen LogP contribution in [-0.2, 0) is 28.7 Å². The summed E-state index contributed by atoms with van der Waals surface area (Å²) in [6.45, 7) is 0.811. The van der Waals surface area contributed by atoms with E-state index in [1.165, 1.54) is 4.31 Å². The number of rotatable bonds is 3. The largest absolute Gasteiger partial charge is 0.361 e. The van der Waals surface area contributed by atoms with Gasteiger partial charge in [0.1, 0.15) is 5.76 Å². The van der Waals surface area contributed by atoms with Crippen molar-refractivity contribution in [3.05, 3.63) is 53.4 Å². The lowest BCUT2D eigenvalue weighted by Gasteiger charge is -2.24. The summed E-state index contributed by atoms with van der Waals surface area (Å²) in [5.74, 6) is 0.834. The summed E-state index contributed by atoms with van der Waals surface area (Å²) in [4.78, 5) is 0. The quantitative estimate of drug-likeness (QED) is 0.854. The summed E-state index contributed by atoms with van der Waals surface area (Å²) in [5, 5.41) is 3.71. The fraction of sp³-hybridized carbons (Fsp3) is 0.308. The summed E-state index contributed by atoms with van der Waals surface area (Å²) in [6, 6.07) is 9.22. The molecule has 100 valence electrons. The lowest BCUT2D eigenvalue weighted by atomic mass is 10.1. The van der Waals surface area contributed by atoms with Gasteiger partial charge in [-0.2, -0.15) is 4.31 Å². The highest BCUT2D eigenvalue weighted by Gasteiger charge is 2.28. The van der Waals surface area contributed by atoms with Crippen molar-refractivity contribution in [2.24, 2.45) is 0 Å². The van der Waals surface area contributed by atoms with Crippen LogP contribution in [0.5, 0.6) is 0 Å². The van der Waals surface area contributed by atoms with E-state index in [0.717, 1.165) is 16.9 Å². The van der Waals surface area contributed by atoms with Gasteiger partial charge in [-0.05, 0) is 5.56 Å². The molecule has 1 aliphatic rings. The number of sulfonamides is 1. The average molecular weight is 278 g/mol. The maximum Gasteiger partial charge on any atom is 0.218 e.